The van der Waals surface area contributed by atoms with Gasteiger partial charge in [-0.25, -0.2) is 13.6 Å². The lowest BCUT2D eigenvalue weighted by Gasteiger charge is -2.07. The van der Waals surface area contributed by atoms with Gasteiger partial charge in [0, 0.05) is 23.4 Å². The monoisotopic (exact) mass is 399 g/mol. The van der Waals surface area contributed by atoms with Crippen LogP contribution in [0.25, 0.3) is 6.08 Å². The van der Waals surface area contributed by atoms with Crippen molar-refractivity contribution in [3.63, 3.8) is 0 Å². The van der Waals surface area contributed by atoms with Crippen LogP contribution in [-0.4, -0.2) is 26.3 Å². The molecular formula is C20H21N3O4S. The van der Waals surface area contributed by atoms with Gasteiger partial charge in [-0.3, -0.25) is 9.59 Å². The molecule has 1 fully saturated rings. The van der Waals surface area contributed by atoms with Crippen molar-refractivity contribution in [1.82, 2.24) is 5.32 Å². The first kappa shape index (κ1) is 19.8. The van der Waals surface area contributed by atoms with Gasteiger partial charge in [0.1, 0.15) is 0 Å². The maximum Gasteiger partial charge on any atom is 0.251 e. The van der Waals surface area contributed by atoms with Crippen LogP contribution in [0, 0.1) is 6.92 Å². The lowest BCUT2D eigenvalue weighted by atomic mass is 10.1. The van der Waals surface area contributed by atoms with Crippen LogP contribution in [0.1, 0.15) is 34.3 Å². The van der Waals surface area contributed by atoms with Crippen LogP contribution in [-0.2, 0) is 14.8 Å². The Morgan fingerprint density at radius 3 is 2.39 bits per heavy atom. The fourth-order valence-corrected chi connectivity index (χ4v) is 3.39. The molecule has 1 aliphatic carbocycles. The molecule has 8 heteroatoms. The molecular weight excluding hydrogens is 378 g/mol. The number of primary sulfonamides is 1. The van der Waals surface area contributed by atoms with Gasteiger partial charge in [-0.2, -0.15) is 0 Å². The summed E-state index contributed by atoms with van der Waals surface area (Å²) in [4.78, 5) is 24.0. The van der Waals surface area contributed by atoms with E-state index >= 15 is 0 Å². The molecule has 0 heterocycles. The van der Waals surface area contributed by atoms with Crippen molar-refractivity contribution in [2.24, 2.45) is 5.14 Å². The van der Waals surface area contributed by atoms with Crippen molar-refractivity contribution in [3.05, 3.63) is 65.2 Å². The van der Waals surface area contributed by atoms with E-state index in [0.717, 1.165) is 18.4 Å². The number of carbonyl (C=O) groups is 2. The maximum absolute atomic E-state index is 12.1. The summed E-state index contributed by atoms with van der Waals surface area (Å²) in [5.41, 5.74) is 2.16. The first-order valence-corrected chi connectivity index (χ1v) is 10.3. The molecule has 0 radical (unpaired) electrons. The van der Waals surface area contributed by atoms with E-state index in [4.69, 9.17) is 5.14 Å². The largest absolute Gasteiger partial charge is 0.349 e. The van der Waals surface area contributed by atoms with Crippen molar-refractivity contribution in [2.45, 2.75) is 30.7 Å². The number of hydrogen-bond acceptors (Lipinski definition) is 4. The van der Waals surface area contributed by atoms with Gasteiger partial charge in [0.25, 0.3) is 5.91 Å². The molecule has 0 saturated heterocycles. The van der Waals surface area contributed by atoms with E-state index in [1.807, 2.05) is 0 Å². The first-order chi connectivity index (χ1) is 13.2. The number of rotatable bonds is 6. The number of amides is 2. The zero-order valence-corrected chi connectivity index (χ0v) is 16.1. The molecule has 146 valence electrons. The predicted molar refractivity (Wildman–Crippen MR) is 107 cm³/mol. The van der Waals surface area contributed by atoms with Gasteiger partial charge in [-0.1, -0.05) is 18.2 Å². The Labute approximate surface area is 163 Å². The number of benzene rings is 2. The van der Waals surface area contributed by atoms with E-state index < -0.39 is 15.9 Å². The minimum atomic E-state index is -3.86. The molecule has 1 aliphatic rings. The van der Waals surface area contributed by atoms with Gasteiger partial charge >= 0.3 is 0 Å². The highest BCUT2D eigenvalue weighted by atomic mass is 32.2. The molecule has 4 N–H and O–H groups in total. The molecule has 0 bridgehead atoms. The third kappa shape index (κ3) is 5.28. The quantitative estimate of drug-likeness (QED) is 0.645. The third-order valence-corrected chi connectivity index (χ3v) is 5.33. The van der Waals surface area contributed by atoms with Crippen LogP contribution in [0.2, 0.25) is 0 Å². The summed E-state index contributed by atoms with van der Waals surface area (Å²) in [5.74, 6) is -0.513. The molecule has 1 saturated carbocycles. The topological polar surface area (TPSA) is 118 Å². The molecule has 3 rings (SSSR count). The van der Waals surface area contributed by atoms with Crippen molar-refractivity contribution in [1.29, 1.82) is 0 Å². The Balaban J connectivity index is 1.63. The summed E-state index contributed by atoms with van der Waals surface area (Å²) in [6, 6.07) is 11.7. The van der Waals surface area contributed by atoms with E-state index in [1.54, 1.807) is 49.4 Å². The van der Waals surface area contributed by atoms with Crippen molar-refractivity contribution >= 4 is 33.6 Å². The van der Waals surface area contributed by atoms with Crippen LogP contribution in [0.5, 0.6) is 0 Å². The van der Waals surface area contributed by atoms with E-state index in [9.17, 15) is 18.0 Å². The molecule has 0 unspecified atom stereocenters. The smallest absolute Gasteiger partial charge is 0.251 e. The number of nitrogens with two attached hydrogens (primary N) is 1. The zero-order valence-electron chi connectivity index (χ0n) is 15.3. The number of carbonyl (C=O) groups excluding carboxylic acids is 2. The average molecular weight is 399 g/mol. The van der Waals surface area contributed by atoms with Crippen LogP contribution in [0.4, 0.5) is 5.69 Å². The van der Waals surface area contributed by atoms with E-state index in [0.29, 0.717) is 22.9 Å². The van der Waals surface area contributed by atoms with Crippen LogP contribution in [0.15, 0.2) is 53.4 Å². The Bertz CT molecular complexity index is 1040. The highest BCUT2D eigenvalue weighted by molar-refractivity contribution is 7.89. The van der Waals surface area contributed by atoms with Gasteiger partial charge in [-0.05, 0) is 61.2 Å². The predicted octanol–water partition coefficient (Wildman–Crippen LogP) is 2.19. The SMILES string of the molecule is Cc1ccc(NC(=O)/C=C/c2ccc(C(=O)NC3CC3)cc2)cc1S(N)(=O)=O. The molecule has 0 spiro atoms. The highest BCUT2D eigenvalue weighted by Gasteiger charge is 2.23. The van der Waals surface area contributed by atoms with Crippen LogP contribution in [0.3, 0.4) is 0 Å². The number of sulfonamides is 1. The molecule has 2 amide bonds. The standard InChI is InChI=1S/C20H21N3O4S/c1-13-2-8-17(12-18(13)28(21,26)27)22-19(24)11-5-14-3-6-15(7-4-14)20(25)23-16-9-10-16/h2-8,11-12,16H,9-10H2,1H3,(H,22,24)(H,23,25)(H2,21,26,27)/b11-5+. The fraction of sp³-hybridized carbons (Fsp3) is 0.200. The van der Waals surface area contributed by atoms with E-state index in [1.165, 1.54) is 12.1 Å². The summed E-state index contributed by atoms with van der Waals surface area (Å²) in [7, 11) is -3.86. The van der Waals surface area contributed by atoms with Gasteiger partial charge in [-0.15, -0.1) is 0 Å². The molecule has 0 aromatic heterocycles. The van der Waals surface area contributed by atoms with Gasteiger partial charge in [0.05, 0.1) is 4.90 Å². The molecule has 2 aromatic carbocycles. The second kappa shape index (κ2) is 7.95. The Kier molecular flexibility index (Phi) is 5.62. The number of hydrogen-bond donors (Lipinski definition) is 3. The lowest BCUT2D eigenvalue weighted by molar-refractivity contribution is -0.111. The normalized spacial score (nSPS) is 14.1. The zero-order chi connectivity index (χ0) is 20.3. The minimum Gasteiger partial charge on any atom is -0.349 e. The number of nitrogens with one attached hydrogen (secondary N) is 2. The second-order valence-electron chi connectivity index (χ2n) is 6.72. The minimum absolute atomic E-state index is 0.0330. The van der Waals surface area contributed by atoms with Crippen LogP contribution < -0.4 is 15.8 Å². The summed E-state index contributed by atoms with van der Waals surface area (Å²) in [6.07, 6.45) is 4.99. The van der Waals surface area contributed by atoms with Crippen molar-refractivity contribution in [2.75, 3.05) is 5.32 Å². The fourth-order valence-electron chi connectivity index (χ4n) is 2.58. The summed E-state index contributed by atoms with van der Waals surface area (Å²) >= 11 is 0. The molecule has 0 aliphatic heterocycles. The number of anilines is 1. The van der Waals surface area contributed by atoms with Gasteiger partial charge in [0.15, 0.2) is 0 Å². The third-order valence-electron chi connectivity index (χ3n) is 4.27. The number of aryl methyl sites for hydroxylation is 1. The highest BCUT2D eigenvalue weighted by Crippen LogP contribution is 2.20. The molecule has 2 aromatic rings. The van der Waals surface area contributed by atoms with Gasteiger partial charge < -0.3 is 10.6 Å². The van der Waals surface area contributed by atoms with Crippen molar-refractivity contribution in [3.8, 4) is 0 Å². The Morgan fingerprint density at radius 1 is 1.11 bits per heavy atom. The maximum atomic E-state index is 12.1. The Hall–Kier alpha value is -2.97. The summed E-state index contributed by atoms with van der Waals surface area (Å²) in [5, 5.41) is 10.7. The van der Waals surface area contributed by atoms with E-state index in [2.05, 4.69) is 10.6 Å². The molecule has 28 heavy (non-hydrogen) atoms. The molecule has 7 nitrogen and oxygen atoms in total. The lowest BCUT2D eigenvalue weighted by Crippen LogP contribution is -2.25. The summed E-state index contributed by atoms with van der Waals surface area (Å²) < 4.78 is 23.1. The Morgan fingerprint density at radius 2 is 1.79 bits per heavy atom. The average Bonchev–Trinajstić information content (AvgIpc) is 3.45. The van der Waals surface area contributed by atoms with Gasteiger partial charge in [0.2, 0.25) is 15.9 Å². The van der Waals surface area contributed by atoms with E-state index in [-0.39, 0.29) is 10.8 Å². The van der Waals surface area contributed by atoms with Crippen LogP contribution >= 0.6 is 0 Å². The molecule has 0 atom stereocenters. The van der Waals surface area contributed by atoms with Crippen molar-refractivity contribution < 1.29 is 18.0 Å². The first-order valence-electron chi connectivity index (χ1n) is 8.76. The second-order valence-corrected chi connectivity index (χ2v) is 8.25. The summed E-state index contributed by atoms with van der Waals surface area (Å²) in [6.45, 7) is 1.62.